The highest BCUT2D eigenvalue weighted by Gasteiger charge is 2.29. The Balaban J connectivity index is 1.46. The summed E-state index contributed by atoms with van der Waals surface area (Å²) < 4.78 is 2.40. The van der Waals surface area contributed by atoms with Crippen LogP contribution in [0, 0.1) is 6.92 Å². The first-order valence-electron chi connectivity index (χ1n) is 12.0. The lowest BCUT2D eigenvalue weighted by molar-refractivity contribution is 0.566. The van der Waals surface area contributed by atoms with Crippen LogP contribution in [0.1, 0.15) is 54.5 Å². The first kappa shape index (κ1) is 20.7. The van der Waals surface area contributed by atoms with Gasteiger partial charge < -0.3 is 4.57 Å². The van der Waals surface area contributed by atoms with Crippen molar-refractivity contribution in [1.29, 1.82) is 0 Å². The first-order valence-corrected chi connectivity index (χ1v) is 12.0. The summed E-state index contributed by atoms with van der Waals surface area (Å²) in [4.78, 5) is 10.0. The Bertz CT molecular complexity index is 1500. The summed E-state index contributed by atoms with van der Waals surface area (Å²) in [6.45, 7) is 6.49. The molecular formula is C27H27N7. The fourth-order valence-electron chi connectivity index (χ4n) is 5.32. The Morgan fingerprint density at radius 2 is 1.85 bits per heavy atom. The fraction of sp³-hybridized carbons (Fsp3) is 0.296. The fourth-order valence-corrected chi connectivity index (χ4v) is 5.32. The number of rotatable bonds is 5. The van der Waals surface area contributed by atoms with E-state index in [1.807, 2.05) is 12.1 Å². The molecule has 1 aliphatic rings. The van der Waals surface area contributed by atoms with Crippen molar-refractivity contribution in [3.8, 4) is 22.5 Å². The average molecular weight is 450 g/mol. The molecule has 0 unspecified atom stereocenters. The maximum atomic E-state index is 5.02. The molecule has 0 amide bonds. The number of aryl methyl sites for hydroxylation is 4. The second kappa shape index (κ2) is 8.17. The topological polar surface area (TPSA) is 85.2 Å². The molecule has 0 radical (unpaired) electrons. The van der Waals surface area contributed by atoms with Crippen molar-refractivity contribution >= 4 is 11.2 Å². The molecule has 7 nitrogen and oxygen atoms in total. The maximum Gasteiger partial charge on any atom is 0.205 e. The third-order valence-corrected chi connectivity index (χ3v) is 6.97. The standard InChI is InChI=1S/C27H27N7/c1-4-19-14-16(3)25-27(28-19)34(24(5-2)29-25)23-13-11-18-15-17(10-12-21(18)23)20-8-6-7-9-22(20)26-30-32-33-31-26/h6-10,12,14-15,23H,4-5,11,13H2,1-3H3,(H,30,31,32,33)/t23-/m0/s1. The number of hydrogen-bond donors (Lipinski definition) is 1. The summed E-state index contributed by atoms with van der Waals surface area (Å²) in [6.07, 6.45) is 3.90. The van der Waals surface area contributed by atoms with Crippen LogP contribution in [-0.2, 0) is 19.3 Å². The molecule has 3 heterocycles. The lowest BCUT2D eigenvalue weighted by Crippen LogP contribution is -2.12. The second-order valence-corrected chi connectivity index (χ2v) is 8.96. The molecule has 0 aliphatic heterocycles. The lowest BCUT2D eigenvalue weighted by Gasteiger charge is -2.18. The van der Waals surface area contributed by atoms with Crippen LogP contribution in [0.15, 0.2) is 48.5 Å². The van der Waals surface area contributed by atoms with Gasteiger partial charge in [-0.1, -0.05) is 56.3 Å². The van der Waals surface area contributed by atoms with Gasteiger partial charge in [0.25, 0.3) is 0 Å². The van der Waals surface area contributed by atoms with Crippen LogP contribution in [0.25, 0.3) is 33.7 Å². The molecule has 6 rings (SSSR count). The summed E-state index contributed by atoms with van der Waals surface area (Å²) in [5.74, 6) is 1.72. The number of fused-ring (bicyclic) bond motifs is 2. The average Bonchev–Trinajstić information content (AvgIpc) is 3.61. The minimum Gasteiger partial charge on any atom is -0.305 e. The van der Waals surface area contributed by atoms with Crippen LogP contribution in [0.2, 0.25) is 0 Å². The molecule has 34 heavy (non-hydrogen) atoms. The molecule has 0 fully saturated rings. The molecule has 1 atom stereocenters. The quantitative estimate of drug-likeness (QED) is 0.396. The first-order chi connectivity index (χ1) is 16.7. The zero-order valence-electron chi connectivity index (χ0n) is 19.7. The van der Waals surface area contributed by atoms with E-state index in [0.29, 0.717) is 5.82 Å². The van der Waals surface area contributed by atoms with Gasteiger partial charge in [-0.15, -0.1) is 10.2 Å². The second-order valence-electron chi connectivity index (χ2n) is 8.96. The van der Waals surface area contributed by atoms with Gasteiger partial charge in [0.2, 0.25) is 5.82 Å². The zero-order valence-corrected chi connectivity index (χ0v) is 19.7. The number of H-pyrrole nitrogens is 1. The van der Waals surface area contributed by atoms with Crippen LogP contribution in [0.4, 0.5) is 0 Å². The third kappa shape index (κ3) is 3.22. The summed E-state index contributed by atoms with van der Waals surface area (Å²) in [7, 11) is 0. The van der Waals surface area contributed by atoms with Crippen LogP contribution >= 0.6 is 0 Å². The lowest BCUT2D eigenvalue weighted by atomic mass is 9.96. The summed E-state index contributed by atoms with van der Waals surface area (Å²) >= 11 is 0. The van der Waals surface area contributed by atoms with Gasteiger partial charge in [-0.25, -0.2) is 9.97 Å². The van der Waals surface area contributed by atoms with E-state index in [1.165, 1.54) is 22.3 Å². The van der Waals surface area contributed by atoms with Gasteiger partial charge in [0.1, 0.15) is 11.3 Å². The molecule has 0 saturated carbocycles. The molecule has 1 N–H and O–H groups in total. The van der Waals surface area contributed by atoms with Crippen LogP contribution in [0.3, 0.4) is 0 Å². The van der Waals surface area contributed by atoms with Crippen molar-refractivity contribution in [3.05, 3.63) is 76.7 Å². The highest BCUT2D eigenvalue weighted by Crippen LogP contribution is 2.40. The summed E-state index contributed by atoms with van der Waals surface area (Å²) in [5, 5.41) is 14.7. The minimum atomic E-state index is 0.260. The van der Waals surface area contributed by atoms with Gasteiger partial charge in [-0.05, 0) is 65.3 Å². The van der Waals surface area contributed by atoms with Gasteiger partial charge in [-0.3, -0.25) is 0 Å². The monoisotopic (exact) mass is 449 g/mol. The molecule has 1 aliphatic carbocycles. The van der Waals surface area contributed by atoms with E-state index in [1.54, 1.807) is 0 Å². The van der Waals surface area contributed by atoms with E-state index >= 15 is 0 Å². The van der Waals surface area contributed by atoms with Crippen LogP contribution < -0.4 is 0 Å². The molecular weight excluding hydrogens is 422 g/mol. The highest BCUT2D eigenvalue weighted by molar-refractivity contribution is 5.81. The number of hydrogen-bond acceptors (Lipinski definition) is 5. The minimum absolute atomic E-state index is 0.260. The Hall–Kier alpha value is -3.87. The van der Waals surface area contributed by atoms with E-state index in [0.717, 1.165) is 59.5 Å². The molecule has 5 aromatic rings. The Morgan fingerprint density at radius 1 is 1.00 bits per heavy atom. The Labute approximate surface area is 198 Å². The molecule has 2 aromatic carbocycles. The summed E-state index contributed by atoms with van der Waals surface area (Å²) in [5.41, 5.74) is 10.4. The molecule has 170 valence electrons. The van der Waals surface area contributed by atoms with Crippen molar-refractivity contribution in [2.24, 2.45) is 0 Å². The van der Waals surface area contributed by atoms with Crippen molar-refractivity contribution in [1.82, 2.24) is 35.2 Å². The SMILES string of the molecule is CCc1cc(C)c2nc(CC)n([C@H]3CCc4cc(-c5ccccc5-c5nn[nH]n5)ccc43)c2n1. The number of imidazole rings is 1. The summed E-state index contributed by atoms with van der Waals surface area (Å²) in [6, 6.07) is 17.5. The number of pyridine rings is 1. The Morgan fingerprint density at radius 3 is 2.62 bits per heavy atom. The van der Waals surface area contributed by atoms with Crippen molar-refractivity contribution in [2.75, 3.05) is 0 Å². The van der Waals surface area contributed by atoms with E-state index in [2.05, 4.69) is 82.4 Å². The predicted molar refractivity (Wildman–Crippen MR) is 133 cm³/mol. The molecule has 0 saturated heterocycles. The number of nitrogens with zero attached hydrogens (tertiary/aromatic N) is 6. The van der Waals surface area contributed by atoms with E-state index in [9.17, 15) is 0 Å². The van der Waals surface area contributed by atoms with Gasteiger partial charge in [0, 0.05) is 17.7 Å². The predicted octanol–water partition coefficient (Wildman–Crippen LogP) is 5.25. The third-order valence-electron chi connectivity index (χ3n) is 6.97. The number of benzene rings is 2. The van der Waals surface area contributed by atoms with Crippen LogP contribution in [-0.4, -0.2) is 35.2 Å². The number of tetrazole rings is 1. The largest absolute Gasteiger partial charge is 0.305 e. The molecule has 0 spiro atoms. The van der Waals surface area contributed by atoms with Gasteiger partial charge in [-0.2, -0.15) is 5.21 Å². The molecule has 3 aromatic heterocycles. The molecule has 0 bridgehead atoms. The van der Waals surface area contributed by atoms with Gasteiger partial charge in [0.15, 0.2) is 5.65 Å². The highest BCUT2D eigenvalue weighted by atomic mass is 15.5. The number of nitrogens with one attached hydrogen (secondary N) is 1. The van der Waals surface area contributed by atoms with E-state index in [-0.39, 0.29) is 6.04 Å². The smallest absolute Gasteiger partial charge is 0.205 e. The Kier molecular flexibility index (Phi) is 4.98. The van der Waals surface area contributed by atoms with Gasteiger partial charge in [0.05, 0.1) is 6.04 Å². The number of aromatic amines is 1. The molecule has 7 heteroatoms. The van der Waals surface area contributed by atoms with Crippen molar-refractivity contribution < 1.29 is 0 Å². The zero-order chi connectivity index (χ0) is 23.2. The number of aromatic nitrogens is 7. The van der Waals surface area contributed by atoms with E-state index in [4.69, 9.17) is 9.97 Å². The van der Waals surface area contributed by atoms with E-state index < -0.39 is 0 Å². The normalized spacial score (nSPS) is 15.2. The van der Waals surface area contributed by atoms with Gasteiger partial charge >= 0.3 is 0 Å². The maximum absolute atomic E-state index is 5.02. The van der Waals surface area contributed by atoms with Crippen LogP contribution in [0.5, 0.6) is 0 Å². The van der Waals surface area contributed by atoms with Crippen molar-refractivity contribution in [3.63, 3.8) is 0 Å². The van der Waals surface area contributed by atoms with Crippen molar-refractivity contribution in [2.45, 2.75) is 52.5 Å².